The summed E-state index contributed by atoms with van der Waals surface area (Å²) in [6, 6.07) is 12.5. The van der Waals surface area contributed by atoms with Gasteiger partial charge in [0, 0.05) is 12.5 Å². The Kier molecular flexibility index (Phi) is 3.79. The molecule has 0 radical (unpaired) electrons. The van der Waals surface area contributed by atoms with E-state index in [1.165, 1.54) is 12.8 Å². The first-order chi connectivity index (χ1) is 7.88. The van der Waals surface area contributed by atoms with E-state index in [9.17, 15) is 0 Å². The van der Waals surface area contributed by atoms with Gasteiger partial charge < -0.3 is 4.74 Å². The second-order valence-corrected chi connectivity index (χ2v) is 4.07. The molecule has 1 unspecified atom stereocenters. The average Bonchev–Trinajstić information content (AvgIpc) is 3.13. The van der Waals surface area contributed by atoms with Crippen molar-refractivity contribution in [2.24, 2.45) is 0 Å². The maximum Gasteiger partial charge on any atom is 0.119 e. The average molecular weight is 216 g/mol. The molecule has 84 valence electrons. The second-order valence-electron chi connectivity index (χ2n) is 4.07. The van der Waals surface area contributed by atoms with Gasteiger partial charge in [0.25, 0.3) is 0 Å². The van der Waals surface area contributed by atoms with Crippen LogP contribution in [-0.2, 0) is 0 Å². The van der Waals surface area contributed by atoms with Gasteiger partial charge >= 0.3 is 0 Å². The molecule has 1 aromatic carbocycles. The smallest absolute Gasteiger partial charge is 0.119 e. The summed E-state index contributed by atoms with van der Waals surface area (Å²) in [6.45, 7) is 0.585. The molecule has 0 bridgehead atoms. The Balaban J connectivity index is 1.68. The Bertz CT molecular complexity index is 354. The topological polar surface area (TPSA) is 45.0 Å². The quantitative estimate of drug-likeness (QED) is 0.792. The van der Waals surface area contributed by atoms with Gasteiger partial charge in [-0.15, -0.1) is 0 Å². The Labute approximate surface area is 96.0 Å². The molecule has 1 saturated carbocycles. The number of rotatable bonds is 6. The lowest BCUT2D eigenvalue weighted by Gasteiger charge is -2.11. The molecule has 16 heavy (non-hydrogen) atoms. The van der Waals surface area contributed by atoms with Crippen molar-refractivity contribution in [1.29, 1.82) is 5.26 Å². The zero-order valence-electron chi connectivity index (χ0n) is 9.23. The minimum atomic E-state index is -0.0730. The summed E-state index contributed by atoms with van der Waals surface area (Å²) >= 11 is 0. The zero-order chi connectivity index (χ0) is 11.2. The third-order valence-corrected chi connectivity index (χ3v) is 2.59. The van der Waals surface area contributed by atoms with E-state index in [1.807, 2.05) is 30.3 Å². The van der Waals surface area contributed by atoms with E-state index in [0.29, 0.717) is 12.6 Å². The largest absolute Gasteiger partial charge is 0.493 e. The summed E-state index contributed by atoms with van der Waals surface area (Å²) in [5.74, 6) is 0.866. The number of hydrogen-bond donors (Lipinski definition) is 1. The number of hydrogen-bond acceptors (Lipinski definition) is 3. The molecule has 1 aliphatic rings. The Hall–Kier alpha value is -1.53. The van der Waals surface area contributed by atoms with Crippen molar-refractivity contribution in [2.45, 2.75) is 31.3 Å². The second kappa shape index (κ2) is 5.53. The van der Waals surface area contributed by atoms with Crippen molar-refractivity contribution in [3.05, 3.63) is 30.3 Å². The van der Waals surface area contributed by atoms with E-state index in [1.54, 1.807) is 0 Å². The SMILES string of the molecule is N#CC(CCOc1ccccc1)NC1CC1. The van der Waals surface area contributed by atoms with E-state index in [0.717, 1.165) is 12.2 Å². The molecule has 1 atom stereocenters. The lowest BCUT2D eigenvalue weighted by Crippen LogP contribution is -2.31. The summed E-state index contributed by atoms with van der Waals surface area (Å²) in [7, 11) is 0. The molecule has 1 fully saturated rings. The van der Waals surface area contributed by atoms with Crippen LogP contribution >= 0.6 is 0 Å². The first-order valence-corrected chi connectivity index (χ1v) is 5.72. The highest BCUT2D eigenvalue weighted by Gasteiger charge is 2.24. The van der Waals surface area contributed by atoms with Crippen molar-refractivity contribution < 1.29 is 4.74 Å². The number of nitriles is 1. The van der Waals surface area contributed by atoms with Crippen LogP contribution in [0, 0.1) is 11.3 Å². The van der Waals surface area contributed by atoms with Crippen molar-refractivity contribution in [2.75, 3.05) is 6.61 Å². The van der Waals surface area contributed by atoms with Crippen LogP contribution in [-0.4, -0.2) is 18.7 Å². The van der Waals surface area contributed by atoms with Crippen LogP contribution in [0.15, 0.2) is 30.3 Å². The van der Waals surface area contributed by atoms with Crippen LogP contribution < -0.4 is 10.1 Å². The molecule has 1 N–H and O–H groups in total. The summed E-state index contributed by atoms with van der Waals surface area (Å²) in [4.78, 5) is 0. The monoisotopic (exact) mass is 216 g/mol. The van der Waals surface area contributed by atoms with Gasteiger partial charge in [-0.05, 0) is 25.0 Å². The first kappa shape index (κ1) is 11.0. The Morgan fingerprint density at radius 3 is 2.75 bits per heavy atom. The molecule has 0 spiro atoms. The molecule has 1 aliphatic carbocycles. The van der Waals surface area contributed by atoms with Crippen molar-refractivity contribution >= 4 is 0 Å². The molecule has 2 rings (SSSR count). The predicted octanol–water partition coefficient (Wildman–Crippen LogP) is 2.10. The normalized spacial score (nSPS) is 16.4. The van der Waals surface area contributed by atoms with Crippen molar-refractivity contribution in [3.8, 4) is 11.8 Å². The number of ether oxygens (including phenoxy) is 1. The van der Waals surface area contributed by atoms with Crippen molar-refractivity contribution in [3.63, 3.8) is 0 Å². The van der Waals surface area contributed by atoms with Crippen LogP contribution in [0.3, 0.4) is 0 Å². The van der Waals surface area contributed by atoms with E-state index in [-0.39, 0.29) is 6.04 Å². The van der Waals surface area contributed by atoms with E-state index < -0.39 is 0 Å². The molecule has 1 aromatic rings. The number of para-hydroxylation sites is 1. The van der Waals surface area contributed by atoms with Gasteiger partial charge in [-0.1, -0.05) is 18.2 Å². The fourth-order valence-electron chi connectivity index (χ4n) is 1.53. The van der Waals surface area contributed by atoms with E-state index in [2.05, 4.69) is 11.4 Å². The van der Waals surface area contributed by atoms with E-state index >= 15 is 0 Å². The lowest BCUT2D eigenvalue weighted by molar-refractivity contribution is 0.297. The van der Waals surface area contributed by atoms with Crippen LogP contribution in [0.5, 0.6) is 5.75 Å². The standard InChI is InChI=1S/C13H16N2O/c14-10-12(15-11-6-7-11)8-9-16-13-4-2-1-3-5-13/h1-5,11-12,15H,6-9H2. The maximum absolute atomic E-state index is 8.93. The number of nitrogens with one attached hydrogen (secondary N) is 1. The Morgan fingerprint density at radius 1 is 1.38 bits per heavy atom. The summed E-state index contributed by atoms with van der Waals surface area (Å²) in [6.07, 6.45) is 3.15. The molecule has 3 nitrogen and oxygen atoms in total. The molecule has 3 heteroatoms. The molecule has 0 aromatic heterocycles. The first-order valence-electron chi connectivity index (χ1n) is 5.72. The summed E-state index contributed by atoms with van der Waals surface area (Å²) in [5.41, 5.74) is 0. The summed E-state index contributed by atoms with van der Waals surface area (Å²) < 4.78 is 5.55. The van der Waals surface area contributed by atoms with Gasteiger partial charge in [-0.25, -0.2) is 0 Å². The highest BCUT2D eigenvalue weighted by atomic mass is 16.5. The summed E-state index contributed by atoms with van der Waals surface area (Å²) in [5, 5.41) is 12.2. The molecule has 0 saturated heterocycles. The van der Waals surface area contributed by atoms with Gasteiger partial charge in [-0.3, -0.25) is 5.32 Å². The molecular formula is C13H16N2O. The molecule has 0 heterocycles. The van der Waals surface area contributed by atoms with Crippen molar-refractivity contribution in [1.82, 2.24) is 5.32 Å². The predicted molar refractivity (Wildman–Crippen MR) is 62.1 cm³/mol. The van der Waals surface area contributed by atoms with E-state index in [4.69, 9.17) is 10.00 Å². The number of nitrogens with zero attached hydrogens (tertiary/aromatic N) is 1. The molecule has 0 amide bonds. The Morgan fingerprint density at radius 2 is 2.12 bits per heavy atom. The zero-order valence-corrected chi connectivity index (χ0v) is 9.23. The van der Waals surface area contributed by atoms with Crippen LogP contribution in [0.4, 0.5) is 0 Å². The third-order valence-electron chi connectivity index (χ3n) is 2.59. The highest BCUT2D eigenvalue weighted by Crippen LogP contribution is 2.19. The molecule has 0 aliphatic heterocycles. The van der Waals surface area contributed by atoms with Gasteiger partial charge in [0.05, 0.1) is 18.7 Å². The molecular weight excluding hydrogens is 200 g/mol. The van der Waals surface area contributed by atoms with Gasteiger partial charge in [0.15, 0.2) is 0 Å². The van der Waals surface area contributed by atoms with Crippen LogP contribution in [0.2, 0.25) is 0 Å². The lowest BCUT2D eigenvalue weighted by atomic mass is 10.2. The van der Waals surface area contributed by atoms with Crippen LogP contribution in [0.25, 0.3) is 0 Å². The minimum absolute atomic E-state index is 0.0730. The maximum atomic E-state index is 8.93. The third kappa shape index (κ3) is 3.56. The van der Waals surface area contributed by atoms with Crippen LogP contribution in [0.1, 0.15) is 19.3 Å². The van der Waals surface area contributed by atoms with Gasteiger partial charge in [0.1, 0.15) is 5.75 Å². The fraction of sp³-hybridized carbons (Fsp3) is 0.462. The highest BCUT2D eigenvalue weighted by molar-refractivity contribution is 5.20. The fourth-order valence-corrected chi connectivity index (χ4v) is 1.53. The van der Waals surface area contributed by atoms with Gasteiger partial charge in [0.2, 0.25) is 0 Å². The van der Waals surface area contributed by atoms with Gasteiger partial charge in [-0.2, -0.15) is 5.26 Å². The number of benzene rings is 1. The minimum Gasteiger partial charge on any atom is -0.493 e.